The van der Waals surface area contributed by atoms with Gasteiger partial charge in [0.05, 0.1) is 11.6 Å². The van der Waals surface area contributed by atoms with Crippen molar-refractivity contribution < 1.29 is 24.2 Å². The van der Waals surface area contributed by atoms with Gasteiger partial charge in [-0.05, 0) is 25.0 Å². The van der Waals surface area contributed by atoms with Gasteiger partial charge in [-0.15, -0.1) is 0 Å². The molecule has 1 aliphatic rings. The molecule has 0 radical (unpaired) electrons. The summed E-state index contributed by atoms with van der Waals surface area (Å²) >= 11 is 0. The zero-order valence-electron chi connectivity index (χ0n) is 12.5. The fourth-order valence-electron chi connectivity index (χ4n) is 3.06. The van der Waals surface area contributed by atoms with Crippen molar-refractivity contribution in [2.24, 2.45) is 5.92 Å². The van der Waals surface area contributed by atoms with E-state index in [1.54, 1.807) is 19.1 Å². The van der Waals surface area contributed by atoms with Gasteiger partial charge < -0.3 is 20.1 Å². The van der Waals surface area contributed by atoms with Crippen molar-refractivity contribution in [1.82, 2.24) is 9.88 Å². The lowest BCUT2D eigenvalue weighted by Crippen LogP contribution is -2.49. The number of halogens is 1. The molecule has 1 aliphatic heterocycles. The number of aromatic amines is 1. The van der Waals surface area contributed by atoms with E-state index >= 15 is 0 Å². The number of piperidine rings is 1. The molecule has 3 rings (SSSR count). The summed E-state index contributed by atoms with van der Waals surface area (Å²) in [6.45, 7) is 1.92. The summed E-state index contributed by atoms with van der Waals surface area (Å²) in [7, 11) is 0. The molecule has 6 nitrogen and oxygen atoms in total. The second-order valence-corrected chi connectivity index (χ2v) is 5.84. The molecule has 122 valence electrons. The highest BCUT2D eigenvalue weighted by Crippen LogP contribution is 2.26. The molecule has 2 aromatic rings. The maximum atomic E-state index is 13.8. The number of aliphatic carboxylic acids is 1. The molecule has 0 saturated carbocycles. The first-order valence-corrected chi connectivity index (χ1v) is 7.37. The van der Waals surface area contributed by atoms with Crippen molar-refractivity contribution in [2.75, 3.05) is 13.1 Å². The average Bonchev–Trinajstić information content (AvgIpc) is 2.85. The molecule has 2 heterocycles. The third-order valence-corrected chi connectivity index (χ3v) is 4.44. The van der Waals surface area contributed by atoms with Gasteiger partial charge >= 0.3 is 5.97 Å². The monoisotopic (exact) mass is 320 g/mol. The Balaban J connectivity index is 1.93. The van der Waals surface area contributed by atoms with Crippen LogP contribution in [0.1, 0.15) is 22.5 Å². The number of para-hydroxylation sites is 1. The van der Waals surface area contributed by atoms with Crippen LogP contribution in [0.5, 0.6) is 0 Å². The van der Waals surface area contributed by atoms with Gasteiger partial charge in [-0.3, -0.25) is 9.59 Å². The Bertz CT molecular complexity index is 786. The fraction of sp³-hybridized carbons (Fsp3) is 0.375. The lowest BCUT2D eigenvalue weighted by atomic mass is 9.94. The molecule has 23 heavy (non-hydrogen) atoms. The largest absolute Gasteiger partial charge is 0.481 e. The molecular weight excluding hydrogens is 303 g/mol. The summed E-state index contributed by atoms with van der Waals surface area (Å²) < 4.78 is 13.8. The Morgan fingerprint density at radius 3 is 2.78 bits per heavy atom. The van der Waals surface area contributed by atoms with E-state index in [4.69, 9.17) is 5.11 Å². The van der Waals surface area contributed by atoms with Crippen LogP contribution in [-0.2, 0) is 4.79 Å². The number of benzene rings is 1. The number of H-pyrrole nitrogens is 1. The number of likely N-dealkylation sites (tertiary alicyclic amines) is 1. The van der Waals surface area contributed by atoms with Crippen LogP contribution in [0.15, 0.2) is 18.2 Å². The predicted octanol–water partition coefficient (Wildman–Crippen LogP) is 1.52. The van der Waals surface area contributed by atoms with Crippen LogP contribution in [0, 0.1) is 18.7 Å². The summed E-state index contributed by atoms with van der Waals surface area (Å²) in [5, 5.41) is 19.5. The van der Waals surface area contributed by atoms with Crippen molar-refractivity contribution in [3.8, 4) is 0 Å². The molecule has 2 atom stereocenters. The Labute approximate surface area is 131 Å². The topological polar surface area (TPSA) is 93.6 Å². The Morgan fingerprint density at radius 2 is 2.13 bits per heavy atom. The highest BCUT2D eigenvalue weighted by Gasteiger charge is 2.36. The molecule has 3 N–H and O–H groups in total. The van der Waals surface area contributed by atoms with Crippen LogP contribution < -0.4 is 0 Å². The number of aryl methyl sites for hydroxylation is 1. The van der Waals surface area contributed by atoms with Crippen LogP contribution in [0.25, 0.3) is 10.9 Å². The van der Waals surface area contributed by atoms with Gasteiger partial charge in [0, 0.05) is 18.5 Å². The highest BCUT2D eigenvalue weighted by atomic mass is 19.1. The number of nitrogens with zero attached hydrogens (tertiary/aromatic N) is 1. The summed E-state index contributed by atoms with van der Waals surface area (Å²) in [4.78, 5) is 28.0. The number of amides is 1. The third kappa shape index (κ3) is 2.57. The third-order valence-electron chi connectivity index (χ3n) is 4.44. The molecular formula is C16H17FN2O4. The molecule has 1 aromatic carbocycles. The Morgan fingerprint density at radius 1 is 1.39 bits per heavy atom. The number of aliphatic hydroxyl groups is 1. The van der Waals surface area contributed by atoms with Crippen LogP contribution in [-0.4, -0.2) is 51.2 Å². The second kappa shape index (κ2) is 5.66. The zero-order valence-corrected chi connectivity index (χ0v) is 12.5. The van der Waals surface area contributed by atoms with E-state index < -0.39 is 23.8 Å². The number of fused-ring (bicyclic) bond motifs is 1. The number of carboxylic acids is 1. The van der Waals surface area contributed by atoms with Gasteiger partial charge in [0.15, 0.2) is 0 Å². The van der Waals surface area contributed by atoms with Gasteiger partial charge in [0.25, 0.3) is 5.91 Å². The second-order valence-electron chi connectivity index (χ2n) is 5.84. The van der Waals surface area contributed by atoms with Crippen molar-refractivity contribution >= 4 is 22.8 Å². The van der Waals surface area contributed by atoms with E-state index in [9.17, 15) is 19.1 Å². The highest BCUT2D eigenvalue weighted by molar-refractivity contribution is 6.01. The summed E-state index contributed by atoms with van der Waals surface area (Å²) in [5.41, 5.74) is 1.15. The van der Waals surface area contributed by atoms with E-state index in [-0.39, 0.29) is 36.6 Å². The minimum absolute atomic E-state index is 0.0629. The molecule has 1 aromatic heterocycles. The van der Waals surface area contributed by atoms with E-state index in [1.165, 1.54) is 11.0 Å². The van der Waals surface area contributed by atoms with Crippen LogP contribution in [0.4, 0.5) is 4.39 Å². The van der Waals surface area contributed by atoms with Gasteiger partial charge in [-0.25, -0.2) is 4.39 Å². The van der Waals surface area contributed by atoms with Crippen LogP contribution in [0.2, 0.25) is 0 Å². The van der Waals surface area contributed by atoms with Crippen molar-refractivity contribution in [2.45, 2.75) is 19.4 Å². The molecule has 0 unspecified atom stereocenters. The minimum atomic E-state index is -1.13. The first-order valence-electron chi connectivity index (χ1n) is 7.37. The van der Waals surface area contributed by atoms with E-state index in [2.05, 4.69) is 4.98 Å². The standard InChI is InChI=1S/C16H17FN2O4/c1-8-9-3-2-4-11(17)14(9)18-13(8)15(21)19-6-5-12(20)10(7-19)16(22)23/h2-4,10,12,18,20H,5-7H2,1H3,(H,22,23)/t10-,12+/m1/s1. The number of carboxylic acid groups (broad SMARTS) is 1. The Hall–Kier alpha value is -2.41. The van der Waals surface area contributed by atoms with Crippen molar-refractivity contribution in [1.29, 1.82) is 0 Å². The zero-order chi connectivity index (χ0) is 16.7. The molecule has 1 fully saturated rings. The number of hydrogen-bond acceptors (Lipinski definition) is 3. The summed E-state index contributed by atoms with van der Waals surface area (Å²) in [6, 6.07) is 4.61. The molecule has 7 heteroatoms. The number of aliphatic hydroxyl groups excluding tert-OH is 1. The van der Waals surface area contributed by atoms with Crippen molar-refractivity contribution in [3.05, 3.63) is 35.3 Å². The first kappa shape index (κ1) is 15.5. The van der Waals surface area contributed by atoms with Gasteiger partial charge in [0.1, 0.15) is 17.4 Å². The van der Waals surface area contributed by atoms with Crippen molar-refractivity contribution in [3.63, 3.8) is 0 Å². The van der Waals surface area contributed by atoms with Gasteiger partial charge in [0.2, 0.25) is 0 Å². The SMILES string of the molecule is Cc1c(C(=O)N2CC[C@H](O)[C@H](C(=O)O)C2)[nH]c2c(F)cccc12. The number of carbonyl (C=O) groups excluding carboxylic acids is 1. The molecule has 0 bridgehead atoms. The smallest absolute Gasteiger partial charge is 0.310 e. The average molecular weight is 320 g/mol. The number of hydrogen-bond donors (Lipinski definition) is 3. The van der Waals surface area contributed by atoms with Gasteiger partial charge in [-0.2, -0.15) is 0 Å². The van der Waals surface area contributed by atoms with E-state index in [1.807, 2.05) is 0 Å². The maximum absolute atomic E-state index is 13.8. The minimum Gasteiger partial charge on any atom is -0.481 e. The summed E-state index contributed by atoms with van der Waals surface area (Å²) in [5.74, 6) is -2.96. The molecule has 1 saturated heterocycles. The normalized spacial score (nSPS) is 21.6. The number of rotatable bonds is 2. The lowest BCUT2D eigenvalue weighted by Gasteiger charge is -2.33. The van der Waals surface area contributed by atoms with Crippen LogP contribution >= 0.6 is 0 Å². The van der Waals surface area contributed by atoms with E-state index in [0.717, 1.165) is 0 Å². The number of nitrogens with one attached hydrogen (secondary N) is 1. The molecule has 0 spiro atoms. The quantitative estimate of drug-likeness (QED) is 0.782. The predicted molar refractivity (Wildman–Crippen MR) is 80.6 cm³/mol. The maximum Gasteiger partial charge on any atom is 0.310 e. The Kier molecular flexibility index (Phi) is 3.81. The number of aromatic nitrogens is 1. The lowest BCUT2D eigenvalue weighted by molar-refractivity contribution is -0.148. The molecule has 1 amide bonds. The molecule has 0 aliphatic carbocycles. The van der Waals surface area contributed by atoms with E-state index in [0.29, 0.717) is 10.9 Å². The number of carbonyl (C=O) groups is 2. The fourth-order valence-corrected chi connectivity index (χ4v) is 3.06. The first-order chi connectivity index (χ1) is 10.9. The summed E-state index contributed by atoms with van der Waals surface area (Å²) in [6.07, 6.45) is -0.756. The van der Waals surface area contributed by atoms with Gasteiger partial charge in [-0.1, -0.05) is 12.1 Å². The van der Waals surface area contributed by atoms with Crippen LogP contribution in [0.3, 0.4) is 0 Å².